The van der Waals surface area contributed by atoms with Gasteiger partial charge >= 0.3 is 0 Å². The lowest BCUT2D eigenvalue weighted by atomic mass is 9.97. The molecule has 3 rings (SSSR count). The molecule has 1 amide bonds. The lowest BCUT2D eigenvalue weighted by Gasteiger charge is -2.32. The van der Waals surface area contributed by atoms with Gasteiger partial charge in [-0.15, -0.1) is 12.4 Å². The van der Waals surface area contributed by atoms with Crippen LogP contribution in [0.25, 0.3) is 0 Å². The second-order valence-electron chi connectivity index (χ2n) is 5.68. The molecule has 0 saturated carbocycles. The largest absolute Gasteiger partial charge is 0.339 e. The summed E-state index contributed by atoms with van der Waals surface area (Å²) in [6.45, 7) is 4.49. The van der Waals surface area contributed by atoms with Gasteiger partial charge < -0.3 is 10.2 Å². The normalized spacial score (nSPS) is 26.0. The van der Waals surface area contributed by atoms with Gasteiger partial charge in [0.2, 0.25) is 5.91 Å². The fourth-order valence-electron chi connectivity index (χ4n) is 3.01. The minimum absolute atomic E-state index is 0. The highest BCUT2D eigenvalue weighted by Crippen LogP contribution is 2.32. The number of hydrogen-bond donors (Lipinski definition) is 1. The number of hydrogen-bond acceptors (Lipinski definition) is 2. The van der Waals surface area contributed by atoms with Crippen LogP contribution < -0.4 is 5.32 Å². The molecule has 1 aromatic carbocycles. The van der Waals surface area contributed by atoms with Gasteiger partial charge in [0.25, 0.3) is 0 Å². The maximum Gasteiger partial charge on any atom is 0.228 e. The van der Waals surface area contributed by atoms with E-state index in [9.17, 15) is 9.18 Å². The Morgan fingerprint density at radius 1 is 1.30 bits per heavy atom. The summed E-state index contributed by atoms with van der Waals surface area (Å²) in [6, 6.07) is 6.96. The quantitative estimate of drug-likeness (QED) is 0.907. The lowest BCUT2D eigenvalue weighted by molar-refractivity contribution is -0.137. The highest BCUT2D eigenvalue weighted by molar-refractivity contribution is 5.85. The molecule has 2 fully saturated rings. The maximum absolute atomic E-state index is 12.9. The maximum atomic E-state index is 12.9. The predicted octanol–water partition coefficient (Wildman–Crippen LogP) is 2.17. The zero-order valence-corrected chi connectivity index (χ0v) is 12.3. The number of amides is 1. The average Bonchev–Trinajstić information content (AvgIpc) is 2.70. The summed E-state index contributed by atoms with van der Waals surface area (Å²) >= 11 is 0. The van der Waals surface area contributed by atoms with Gasteiger partial charge in [-0.3, -0.25) is 4.79 Å². The SMILES string of the molecule is CC1CC(c2ccc(F)cc2)CN1C(=O)C1CNC1.Cl. The Balaban J connectivity index is 0.00000147. The van der Waals surface area contributed by atoms with E-state index in [0.29, 0.717) is 5.92 Å². The molecule has 5 heteroatoms. The van der Waals surface area contributed by atoms with E-state index in [4.69, 9.17) is 0 Å². The fourth-order valence-corrected chi connectivity index (χ4v) is 3.01. The smallest absolute Gasteiger partial charge is 0.228 e. The molecular formula is C15H20ClFN2O. The van der Waals surface area contributed by atoms with Crippen molar-refractivity contribution in [2.75, 3.05) is 19.6 Å². The fraction of sp³-hybridized carbons (Fsp3) is 0.533. The highest BCUT2D eigenvalue weighted by atomic mass is 35.5. The molecule has 110 valence electrons. The van der Waals surface area contributed by atoms with Crippen molar-refractivity contribution in [1.82, 2.24) is 10.2 Å². The van der Waals surface area contributed by atoms with Crippen LogP contribution in [0.2, 0.25) is 0 Å². The molecule has 2 aliphatic rings. The average molecular weight is 299 g/mol. The number of carbonyl (C=O) groups is 1. The van der Waals surface area contributed by atoms with Gasteiger partial charge in [-0.05, 0) is 31.0 Å². The molecule has 0 bridgehead atoms. The van der Waals surface area contributed by atoms with Crippen LogP contribution in [-0.2, 0) is 4.79 Å². The number of halogens is 2. The standard InChI is InChI=1S/C15H19FN2O.ClH/c1-10-6-12(11-2-4-14(16)5-3-11)9-18(10)15(19)13-7-17-8-13;/h2-5,10,12-13,17H,6-9H2,1H3;1H. The number of nitrogens with zero attached hydrogens (tertiary/aromatic N) is 1. The van der Waals surface area contributed by atoms with E-state index in [-0.39, 0.29) is 36.1 Å². The molecular weight excluding hydrogens is 279 g/mol. The Hall–Kier alpha value is -1.13. The third-order valence-electron chi connectivity index (χ3n) is 4.33. The summed E-state index contributed by atoms with van der Waals surface area (Å²) < 4.78 is 12.9. The molecule has 0 spiro atoms. The third kappa shape index (κ3) is 2.81. The van der Waals surface area contributed by atoms with Crippen LogP contribution in [0.4, 0.5) is 4.39 Å². The zero-order chi connectivity index (χ0) is 13.4. The summed E-state index contributed by atoms with van der Waals surface area (Å²) in [6.07, 6.45) is 0.970. The first kappa shape index (κ1) is 15.3. The van der Waals surface area contributed by atoms with Crippen molar-refractivity contribution in [2.45, 2.75) is 25.3 Å². The molecule has 2 heterocycles. The van der Waals surface area contributed by atoms with Gasteiger partial charge in [0.1, 0.15) is 5.82 Å². The molecule has 2 atom stereocenters. The minimum atomic E-state index is -0.205. The van der Waals surface area contributed by atoms with Crippen LogP contribution in [0.3, 0.4) is 0 Å². The van der Waals surface area contributed by atoms with Crippen LogP contribution in [0.5, 0.6) is 0 Å². The number of benzene rings is 1. The molecule has 2 unspecified atom stereocenters. The zero-order valence-electron chi connectivity index (χ0n) is 11.5. The highest BCUT2D eigenvalue weighted by Gasteiger charge is 2.37. The topological polar surface area (TPSA) is 32.3 Å². The van der Waals surface area contributed by atoms with Gasteiger partial charge in [-0.2, -0.15) is 0 Å². The minimum Gasteiger partial charge on any atom is -0.339 e. The van der Waals surface area contributed by atoms with Gasteiger partial charge in [-0.25, -0.2) is 4.39 Å². The second kappa shape index (κ2) is 6.10. The van der Waals surface area contributed by atoms with E-state index in [2.05, 4.69) is 12.2 Å². The first-order chi connectivity index (χ1) is 9.15. The van der Waals surface area contributed by atoms with Crippen molar-refractivity contribution in [3.63, 3.8) is 0 Å². The summed E-state index contributed by atoms with van der Waals surface area (Å²) in [5.41, 5.74) is 1.13. The van der Waals surface area contributed by atoms with E-state index in [1.807, 2.05) is 17.0 Å². The lowest BCUT2D eigenvalue weighted by Crippen LogP contribution is -2.52. The number of likely N-dealkylation sites (tertiary alicyclic amines) is 1. The first-order valence-corrected chi connectivity index (χ1v) is 6.92. The van der Waals surface area contributed by atoms with Crippen LogP contribution >= 0.6 is 12.4 Å². The molecule has 0 aliphatic carbocycles. The number of carbonyl (C=O) groups excluding carboxylic acids is 1. The third-order valence-corrected chi connectivity index (χ3v) is 4.33. The Labute approximate surface area is 124 Å². The van der Waals surface area contributed by atoms with Gasteiger partial charge in [0, 0.05) is 31.6 Å². The van der Waals surface area contributed by atoms with Crippen molar-refractivity contribution in [3.05, 3.63) is 35.6 Å². The number of nitrogens with one attached hydrogen (secondary N) is 1. The van der Waals surface area contributed by atoms with Crippen LogP contribution in [0, 0.1) is 11.7 Å². The molecule has 0 aromatic heterocycles. The molecule has 2 aliphatic heterocycles. The van der Waals surface area contributed by atoms with Gasteiger partial charge in [-0.1, -0.05) is 12.1 Å². The van der Waals surface area contributed by atoms with Crippen molar-refractivity contribution < 1.29 is 9.18 Å². The van der Waals surface area contributed by atoms with E-state index >= 15 is 0 Å². The Morgan fingerprint density at radius 2 is 1.95 bits per heavy atom. The molecule has 1 N–H and O–H groups in total. The predicted molar refractivity (Wildman–Crippen MR) is 78.5 cm³/mol. The Morgan fingerprint density at radius 3 is 2.50 bits per heavy atom. The van der Waals surface area contributed by atoms with E-state index in [0.717, 1.165) is 31.6 Å². The van der Waals surface area contributed by atoms with Crippen molar-refractivity contribution in [1.29, 1.82) is 0 Å². The summed E-state index contributed by atoms with van der Waals surface area (Å²) in [5.74, 6) is 0.570. The summed E-state index contributed by atoms with van der Waals surface area (Å²) in [4.78, 5) is 14.3. The van der Waals surface area contributed by atoms with Crippen molar-refractivity contribution >= 4 is 18.3 Å². The molecule has 1 aromatic rings. The monoisotopic (exact) mass is 298 g/mol. The van der Waals surface area contributed by atoms with Gasteiger partial charge in [0.15, 0.2) is 0 Å². The van der Waals surface area contributed by atoms with E-state index in [1.165, 1.54) is 12.1 Å². The van der Waals surface area contributed by atoms with Crippen molar-refractivity contribution in [2.24, 2.45) is 5.92 Å². The molecule has 2 saturated heterocycles. The molecule has 3 nitrogen and oxygen atoms in total. The first-order valence-electron chi connectivity index (χ1n) is 6.92. The van der Waals surface area contributed by atoms with Crippen LogP contribution in [0.1, 0.15) is 24.8 Å². The van der Waals surface area contributed by atoms with Crippen LogP contribution in [0.15, 0.2) is 24.3 Å². The Kier molecular flexibility index (Phi) is 4.66. The molecule has 0 radical (unpaired) electrons. The van der Waals surface area contributed by atoms with Crippen molar-refractivity contribution in [3.8, 4) is 0 Å². The van der Waals surface area contributed by atoms with Crippen LogP contribution in [-0.4, -0.2) is 36.5 Å². The molecule has 20 heavy (non-hydrogen) atoms. The summed E-state index contributed by atoms with van der Waals surface area (Å²) in [7, 11) is 0. The van der Waals surface area contributed by atoms with Gasteiger partial charge in [0.05, 0.1) is 5.92 Å². The Bertz CT molecular complexity index is 475. The van der Waals surface area contributed by atoms with E-state index < -0.39 is 0 Å². The van der Waals surface area contributed by atoms with E-state index in [1.54, 1.807) is 0 Å². The summed E-state index contributed by atoms with van der Waals surface area (Å²) in [5, 5.41) is 3.14. The number of rotatable bonds is 2. The second-order valence-corrected chi connectivity index (χ2v) is 5.68.